The molecule has 4 rings (SSSR count). The number of anilines is 2. The fourth-order valence-corrected chi connectivity index (χ4v) is 6.50. The summed E-state index contributed by atoms with van der Waals surface area (Å²) in [6.07, 6.45) is -0.579. The number of carbonyl (C=O) groups excluding carboxylic acids is 3. The van der Waals surface area contributed by atoms with Gasteiger partial charge in [-0.2, -0.15) is 36.0 Å². The maximum Gasteiger partial charge on any atom is 0.517 e. The molecule has 0 saturated carbocycles. The molecule has 2 aliphatic rings. The van der Waals surface area contributed by atoms with Crippen molar-refractivity contribution in [2.75, 3.05) is 22.5 Å². The van der Waals surface area contributed by atoms with Crippen LogP contribution in [0.1, 0.15) is 46.6 Å². The zero-order valence-electron chi connectivity index (χ0n) is 26.4. The van der Waals surface area contributed by atoms with Crippen LogP contribution in [0.3, 0.4) is 0 Å². The van der Waals surface area contributed by atoms with Crippen LogP contribution in [0.5, 0.6) is 0 Å². The number of allylic oxidation sites excluding steroid dienone is 1. The Bertz CT molecular complexity index is 1740. The number of nitrogens with zero attached hydrogens (tertiary/aromatic N) is 4. The van der Waals surface area contributed by atoms with Gasteiger partial charge in [-0.1, -0.05) is 50.2 Å². The van der Waals surface area contributed by atoms with E-state index < -0.39 is 68.2 Å². The lowest BCUT2D eigenvalue weighted by atomic mass is 9.64. The maximum absolute atomic E-state index is 14.6. The molecule has 0 unspecified atom stereocenters. The average molecular weight is 677 g/mol. The molecule has 1 saturated heterocycles. The van der Waals surface area contributed by atoms with E-state index in [2.05, 4.69) is 10.8 Å². The molecule has 1 aliphatic heterocycles. The molecule has 11 nitrogen and oxygen atoms in total. The first-order valence-corrected chi connectivity index (χ1v) is 16.3. The molecule has 2 atom stereocenters. The van der Waals surface area contributed by atoms with E-state index in [1.54, 1.807) is 50.3 Å². The summed E-state index contributed by atoms with van der Waals surface area (Å²) in [6, 6.07) is 12.8. The second kappa shape index (κ2) is 13.6. The van der Waals surface area contributed by atoms with Crippen LogP contribution in [0.15, 0.2) is 77.1 Å². The van der Waals surface area contributed by atoms with E-state index in [-0.39, 0.29) is 30.2 Å². The minimum absolute atomic E-state index is 0.0285. The average Bonchev–Trinajstić information content (AvgIpc) is 3.85. The molecule has 3 amide bonds. The number of para-hydroxylation sites is 2. The van der Waals surface area contributed by atoms with E-state index in [9.17, 15) is 36.0 Å². The van der Waals surface area contributed by atoms with Crippen LogP contribution in [0.2, 0.25) is 0 Å². The van der Waals surface area contributed by atoms with Crippen LogP contribution >= 0.6 is 0 Å². The summed E-state index contributed by atoms with van der Waals surface area (Å²) in [6.45, 7) is 7.70. The second-order valence-corrected chi connectivity index (χ2v) is 12.9. The van der Waals surface area contributed by atoms with Crippen LogP contribution in [-0.4, -0.2) is 61.9 Å². The normalized spacial score (nSPS) is 20.2. The molecule has 1 heterocycles. The molecule has 0 radical (unpaired) electrons. The fraction of sp³-hybridized carbons (Fsp3) is 0.406. The third-order valence-corrected chi connectivity index (χ3v) is 9.36. The number of amides is 3. The highest BCUT2D eigenvalue weighted by atomic mass is 32.2. The molecule has 0 N–H and O–H groups in total. The molecule has 0 aromatic heterocycles. The van der Waals surface area contributed by atoms with Crippen molar-refractivity contribution in [2.45, 2.75) is 59.1 Å². The number of likely N-dealkylation sites (tertiary alicyclic amines) is 1. The standard InChI is InChI=1S/C32H35F3N4O7S/c1-6-45-29(41)38(25-14-9-8-10-15-25)36-27-28(40)37(22(5)19-31(27,21(3)4)24-17-18-24)20-23-13-11-12-16-26(23)39(30(42)46-7-2)47(43,44)32(33,34)35/h8-17,21-22H,6-7,19-20H2,1-5H3/b36-27+/t22-,31-/m1/s1. The van der Waals surface area contributed by atoms with Crippen LogP contribution in [0.4, 0.5) is 34.1 Å². The SMILES string of the molecule is CCOC(=O)N(/N=C1\C(=O)N(Cc2ccccc2N(C(=O)OCC)S(=O)(=O)C(F)(F)F)[C@H](C)C[C@]1(C1=C=C1)C(C)C)c1ccccc1. The van der Waals surface area contributed by atoms with Gasteiger partial charge in [0.2, 0.25) is 0 Å². The summed E-state index contributed by atoms with van der Waals surface area (Å²) in [5.74, 6) is -0.882. The van der Waals surface area contributed by atoms with Gasteiger partial charge in [-0.25, -0.2) is 9.59 Å². The highest BCUT2D eigenvalue weighted by molar-refractivity contribution is 7.94. The highest BCUT2D eigenvalue weighted by Gasteiger charge is 2.56. The topological polar surface area (TPSA) is 126 Å². The Morgan fingerprint density at radius 3 is 2.17 bits per heavy atom. The first kappa shape index (κ1) is 35.2. The summed E-state index contributed by atoms with van der Waals surface area (Å²) < 4.78 is 76.2. The third-order valence-electron chi connectivity index (χ3n) is 7.95. The van der Waals surface area contributed by atoms with Gasteiger partial charge in [0.25, 0.3) is 5.91 Å². The maximum atomic E-state index is 14.6. The number of ether oxygens (including phenoxy) is 2. The minimum atomic E-state index is -6.25. The summed E-state index contributed by atoms with van der Waals surface area (Å²) in [5.41, 5.74) is -3.47. The zero-order valence-corrected chi connectivity index (χ0v) is 27.3. The van der Waals surface area contributed by atoms with Gasteiger partial charge in [0.05, 0.1) is 30.0 Å². The fourth-order valence-electron chi connectivity index (χ4n) is 5.61. The van der Waals surface area contributed by atoms with Crippen LogP contribution in [0.25, 0.3) is 0 Å². The first-order valence-electron chi connectivity index (χ1n) is 14.9. The van der Waals surface area contributed by atoms with E-state index in [1.807, 2.05) is 13.8 Å². The summed E-state index contributed by atoms with van der Waals surface area (Å²) in [7, 11) is -6.25. The predicted octanol–water partition coefficient (Wildman–Crippen LogP) is 6.38. The Kier molecular flexibility index (Phi) is 10.2. The van der Waals surface area contributed by atoms with Crippen molar-refractivity contribution in [2.24, 2.45) is 16.4 Å². The summed E-state index contributed by atoms with van der Waals surface area (Å²) in [4.78, 5) is 41.8. The Hall–Kier alpha value is -4.62. The first-order chi connectivity index (χ1) is 22.1. The van der Waals surface area contributed by atoms with Crippen LogP contribution in [0, 0.1) is 11.3 Å². The van der Waals surface area contributed by atoms with E-state index in [1.165, 1.54) is 30.0 Å². The second-order valence-electron chi connectivity index (χ2n) is 11.2. The van der Waals surface area contributed by atoms with Crippen molar-refractivity contribution in [1.29, 1.82) is 0 Å². The number of hydrogen-bond donors (Lipinski definition) is 0. The Labute approximate surface area is 271 Å². The Morgan fingerprint density at radius 1 is 1.04 bits per heavy atom. The van der Waals surface area contributed by atoms with Gasteiger partial charge in [0.15, 0.2) is 0 Å². The summed E-state index contributed by atoms with van der Waals surface area (Å²) >= 11 is 0. The molecular weight excluding hydrogens is 641 g/mol. The molecular formula is C32H35F3N4O7S. The van der Waals surface area contributed by atoms with Gasteiger partial charge in [-0.3, -0.25) is 4.79 Å². The molecule has 1 fully saturated rings. The summed E-state index contributed by atoms with van der Waals surface area (Å²) in [5, 5.41) is 5.61. The van der Waals surface area contributed by atoms with E-state index >= 15 is 0 Å². The van der Waals surface area contributed by atoms with Crippen molar-refractivity contribution in [3.05, 3.63) is 77.5 Å². The van der Waals surface area contributed by atoms with Crippen LogP contribution < -0.4 is 9.31 Å². The number of piperidine rings is 1. The molecule has 0 bridgehead atoms. The lowest BCUT2D eigenvalue weighted by molar-refractivity contribution is -0.130. The largest absolute Gasteiger partial charge is 0.517 e. The highest BCUT2D eigenvalue weighted by Crippen LogP contribution is 2.49. The monoisotopic (exact) mass is 676 g/mol. The zero-order chi connectivity index (χ0) is 34.7. The molecule has 15 heteroatoms. The van der Waals surface area contributed by atoms with Gasteiger partial charge < -0.3 is 14.4 Å². The van der Waals surface area contributed by atoms with Gasteiger partial charge in [0.1, 0.15) is 5.71 Å². The van der Waals surface area contributed by atoms with E-state index in [0.717, 1.165) is 11.1 Å². The molecule has 47 heavy (non-hydrogen) atoms. The van der Waals surface area contributed by atoms with Gasteiger partial charge in [0, 0.05) is 18.2 Å². The molecule has 0 spiro atoms. The van der Waals surface area contributed by atoms with Crippen molar-refractivity contribution < 1.29 is 45.4 Å². The Balaban J connectivity index is 1.87. The van der Waals surface area contributed by atoms with Crippen molar-refractivity contribution >= 4 is 45.2 Å². The van der Waals surface area contributed by atoms with Crippen molar-refractivity contribution in [1.82, 2.24) is 4.90 Å². The van der Waals surface area contributed by atoms with E-state index in [0.29, 0.717) is 11.3 Å². The number of hydrazone groups is 1. The minimum Gasteiger partial charge on any atom is -0.449 e. The number of sulfonamides is 1. The smallest absolute Gasteiger partial charge is 0.449 e. The number of halogens is 3. The number of carbonyl (C=O) groups is 3. The molecule has 2 aromatic carbocycles. The quantitative estimate of drug-likeness (QED) is 0.211. The van der Waals surface area contributed by atoms with Gasteiger partial charge in [-0.15, -0.1) is 5.73 Å². The Morgan fingerprint density at radius 2 is 1.62 bits per heavy atom. The van der Waals surface area contributed by atoms with E-state index in [4.69, 9.17) is 9.47 Å². The number of rotatable bonds is 10. The number of alkyl halides is 3. The lowest BCUT2D eigenvalue weighted by Crippen LogP contribution is -2.58. The van der Waals surface area contributed by atoms with Crippen LogP contribution in [-0.2, 0) is 30.8 Å². The van der Waals surface area contributed by atoms with Gasteiger partial charge in [-0.05, 0) is 62.9 Å². The molecule has 2 aromatic rings. The third kappa shape index (κ3) is 6.77. The number of benzene rings is 2. The van der Waals surface area contributed by atoms with Gasteiger partial charge >= 0.3 is 27.7 Å². The molecule has 252 valence electrons. The number of hydrogen-bond acceptors (Lipinski definition) is 8. The van der Waals surface area contributed by atoms with Crippen molar-refractivity contribution in [3.63, 3.8) is 0 Å². The molecule has 1 aliphatic carbocycles. The van der Waals surface area contributed by atoms with Crippen molar-refractivity contribution in [3.8, 4) is 0 Å². The lowest BCUT2D eigenvalue weighted by Gasteiger charge is -2.47. The predicted molar refractivity (Wildman–Crippen MR) is 168 cm³/mol.